The lowest BCUT2D eigenvalue weighted by atomic mass is 10.0. The van der Waals surface area contributed by atoms with Gasteiger partial charge in [-0.3, -0.25) is 9.69 Å². The van der Waals surface area contributed by atoms with Crippen molar-refractivity contribution >= 4 is 23.4 Å². The first-order chi connectivity index (χ1) is 10.6. The Morgan fingerprint density at radius 2 is 1.91 bits per heavy atom. The largest absolute Gasteiger partial charge is 0.507 e. The van der Waals surface area contributed by atoms with E-state index < -0.39 is 0 Å². The summed E-state index contributed by atoms with van der Waals surface area (Å²) >= 11 is 0. The fraction of sp³-hybridized carbons (Fsp3) is 0.471. The Hall–Kier alpha value is -1.56. The molecule has 1 fully saturated rings. The Bertz CT molecular complexity index is 750. The molecule has 0 saturated carbocycles. The first-order valence-electron chi connectivity index (χ1n) is 7.69. The summed E-state index contributed by atoms with van der Waals surface area (Å²) in [5.74, 6) is 0.805. The molecule has 0 spiro atoms. The molecule has 126 valence electrons. The fourth-order valence-electron chi connectivity index (χ4n) is 3.00. The third-order valence-corrected chi connectivity index (χ3v) is 4.27. The molecular weight excluding hydrogens is 318 g/mol. The van der Waals surface area contributed by atoms with Crippen LogP contribution in [0, 0.1) is 6.92 Å². The molecule has 0 bridgehead atoms. The van der Waals surface area contributed by atoms with Crippen molar-refractivity contribution in [2.45, 2.75) is 26.8 Å². The molecule has 1 aliphatic rings. The quantitative estimate of drug-likeness (QED) is 0.931. The van der Waals surface area contributed by atoms with Crippen molar-refractivity contribution < 1.29 is 14.3 Å². The number of rotatable bonds is 3. The molecule has 1 aromatic heterocycles. The molecule has 0 amide bonds. The van der Waals surface area contributed by atoms with Crippen molar-refractivity contribution in [3.63, 3.8) is 0 Å². The van der Waals surface area contributed by atoms with Gasteiger partial charge in [0, 0.05) is 25.2 Å². The molecule has 1 aromatic carbocycles. The summed E-state index contributed by atoms with van der Waals surface area (Å²) in [7, 11) is 0. The maximum Gasteiger partial charge on any atom is 0.196 e. The van der Waals surface area contributed by atoms with Gasteiger partial charge in [-0.2, -0.15) is 0 Å². The first-order valence-corrected chi connectivity index (χ1v) is 7.69. The molecule has 1 aliphatic heterocycles. The van der Waals surface area contributed by atoms with Gasteiger partial charge in [-0.25, -0.2) is 0 Å². The van der Waals surface area contributed by atoms with Crippen molar-refractivity contribution in [3.05, 3.63) is 39.2 Å². The maximum absolute atomic E-state index is 12.6. The number of phenolic OH excluding ortho intramolecular Hbond substituents is 1. The van der Waals surface area contributed by atoms with Crippen LogP contribution in [0.2, 0.25) is 0 Å². The molecular formula is C17H22ClNO4. The maximum atomic E-state index is 12.6. The van der Waals surface area contributed by atoms with Crippen molar-refractivity contribution in [2.24, 2.45) is 0 Å². The average molecular weight is 340 g/mol. The van der Waals surface area contributed by atoms with Crippen LogP contribution in [0.1, 0.15) is 23.8 Å². The van der Waals surface area contributed by atoms with Gasteiger partial charge in [-0.05, 0) is 25.5 Å². The molecule has 0 unspecified atom stereocenters. The van der Waals surface area contributed by atoms with Crippen molar-refractivity contribution in [1.82, 2.24) is 4.90 Å². The van der Waals surface area contributed by atoms with E-state index in [0.29, 0.717) is 54.0 Å². The van der Waals surface area contributed by atoms with Crippen molar-refractivity contribution in [1.29, 1.82) is 0 Å². The van der Waals surface area contributed by atoms with E-state index in [1.54, 1.807) is 12.1 Å². The van der Waals surface area contributed by atoms with Gasteiger partial charge in [0.15, 0.2) is 5.43 Å². The zero-order valence-electron chi connectivity index (χ0n) is 13.4. The average Bonchev–Trinajstić information content (AvgIpc) is 2.52. The summed E-state index contributed by atoms with van der Waals surface area (Å²) < 4.78 is 11.2. The smallest absolute Gasteiger partial charge is 0.196 e. The van der Waals surface area contributed by atoms with Crippen LogP contribution >= 0.6 is 12.4 Å². The molecule has 5 nitrogen and oxygen atoms in total. The highest BCUT2D eigenvalue weighted by atomic mass is 35.5. The number of fused-ring (bicyclic) bond motifs is 1. The summed E-state index contributed by atoms with van der Waals surface area (Å²) in [5.41, 5.74) is 1.90. The van der Waals surface area contributed by atoms with Crippen LogP contribution < -0.4 is 5.43 Å². The van der Waals surface area contributed by atoms with Crippen molar-refractivity contribution in [2.75, 3.05) is 26.3 Å². The highest BCUT2D eigenvalue weighted by molar-refractivity contribution is 5.85. The first kappa shape index (κ1) is 17.8. The lowest BCUT2D eigenvalue weighted by Gasteiger charge is -2.27. The highest BCUT2D eigenvalue weighted by Gasteiger charge is 2.19. The molecule has 0 atom stereocenters. The van der Waals surface area contributed by atoms with Gasteiger partial charge in [-0.1, -0.05) is 6.92 Å². The summed E-state index contributed by atoms with van der Waals surface area (Å²) in [6.07, 6.45) is 0.643. The van der Waals surface area contributed by atoms with Crippen LogP contribution in [0.25, 0.3) is 11.0 Å². The number of aromatic hydroxyl groups is 1. The molecule has 2 heterocycles. The Kier molecular flexibility index (Phi) is 5.68. The van der Waals surface area contributed by atoms with Gasteiger partial charge in [-0.15, -0.1) is 12.4 Å². The van der Waals surface area contributed by atoms with Crippen LogP contribution in [0.5, 0.6) is 5.75 Å². The number of hydrogen-bond acceptors (Lipinski definition) is 5. The van der Waals surface area contributed by atoms with E-state index in [-0.39, 0.29) is 23.6 Å². The summed E-state index contributed by atoms with van der Waals surface area (Å²) in [4.78, 5) is 14.8. The number of morpholine rings is 1. The number of nitrogens with zero attached hydrogens (tertiary/aromatic N) is 1. The third-order valence-electron chi connectivity index (χ3n) is 4.27. The number of hydrogen-bond donors (Lipinski definition) is 1. The molecule has 1 N–H and O–H groups in total. The number of ether oxygens (including phenoxy) is 1. The van der Waals surface area contributed by atoms with Gasteiger partial charge in [0.1, 0.15) is 17.1 Å². The van der Waals surface area contributed by atoms with Crippen LogP contribution in [0.3, 0.4) is 0 Å². The van der Waals surface area contributed by atoms with Crippen LogP contribution in [0.15, 0.2) is 21.3 Å². The Balaban J connectivity index is 0.00000192. The molecule has 6 heteroatoms. The Labute approximate surface area is 141 Å². The van der Waals surface area contributed by atoms with E-state index in [1.807, 2.05) is 13.8 Å². The topological polar surface area (TPSA) is 62.9 Å². The monoisotopic (exact) mass is 339 g/mol. The number of phenols is 1. The second kappa shape index (κ2) is 7.34. The lowest BCUT2D eigenvalue weighted by molar-refractivity contribution is 0.0339. The molecule has 23 heavy (non-hydrogen) atoms. The van der Waals surface area contributed by atoms with Gasteiger partial charge >= 0.3 is 0 Å². The predicted molar refractivity (Wildman–Crippen MR) is 91.6 cm³/mol. The van der Waals surface area contributed by atoms with Gasteiger partial charge in [0.25, 0.3) is 0 Å². The predicted octanol–water partition coefficient (Wildman–Crippen LogP) is 2.62. The molecule has 1 saturated heterocycles. The van der Waals surface area contributed by atoms with Crippen molar-refractivity contribution in [3.8, 4) is 5.75 Å². The zero-order chi connectivity index (χ0) is 15.7. The summed E-state index contributed by atoms with van der Waals surface area (Å²) in [6.45, 7) is 7.31. The number of aryl methyl sites for hydroxylation is 1. The highest BCUT2D eigenvalue weighted by Crippen LogP contribution is 2.28. The van der Waals surface area contributed by atoms with Crippen LogP contribution in [-0.2, 0) is 17.7 Å². The number of halogens is 1. The normalized spacial score (nSPS) is 15.6. The van der Waals surface area contributed by atoms with Crippen LogP contribution in [0.4, 0.5) is 0 Å². The fourth-order valence-corrected chi connectivity index (χ4v) is 3.00. The van der Waals surface area contributed by atoms with Gasteiger partial charge in [0.2, 0.25) is 0 Å². The van der Waals surface area contributed by atoms with E-state index in [9.17, 15) is 9.90 Å². The minimum atomic E-state index is 0. The molecule has 3 rings (SSSR count). The van der Waals surface area contributed by atoms with E-state index in [0.717, 1.165) is 13.1 Å². The lowest BCUT2D eigenvalue weighted by Crippen LogP contribution is -2.35. The third kappa shape index (κ3) is 3.37. The summed E-state index contributed by atoms with van der Waals surface area (Å²) in [6, 6.07) is 3.24. The Morgan fingerprint density at radius 1 is 1.22 bits per heavy atom. The SMILES string of the molecule is CCc1c(C)oc2c(CN3CCOCC3)c(O)ccc2c1=O.Cl. The minimum Gasteiger partial charge on any atom is -0.507 e. The zero-order valence-corrected chi connectivity index (χ0v) is 14.2. The molecule has 0 radical (unpaired) electrons. The standard InChI is InChI=1S/C17H21NO4.ClH/c1-3-12-11(2)22-17-13(16(12)20)4-5-15(19)14(17)10-18-6-8-21-9-7-18;/h4-5,19H,3,6-10H2,1-2H3;1H. The minimum absolute atomic E-state index is 0. The molecule has 2 aromatic rings. The second-order valence-corrected chi connectivity index (χ2v) is 5.65. The molecule has 0 aliphatic carbocycles. The van der Waals surface area contributed by atoms with E-state index >= 15 is 0 Å². The summed E-state index contributed by atoms with van der Waals surface area (Å²) in [5, 5.41) is 10.8. The van der Waals surface area contributed by atoms with E-state index in [1.165, 1.54) is 0 Å². The van der Waals surface area contributed by atoms with Crippen LogP contribution in [-0.4, -0.2) is 36.3 Å². The second-order valence-electron chi connectivity index (χ2n) is 5.65. The van der Waals surface area contributed by atoms with E-state index in [2.05, 4.69) is 4.90 Å². The van der Waals surface area contributed by atoms with Gasteiger partial charge in [0.05, 0.1) is 24.2 Å². The Morgan fingerprint density at radius 3 is 2.57 bits per heavy atom. The number of benzene rings is 1. The van der Waals surface area contributed by atoms with Gasteiger partial charge < -0.3 is 14.3 Å². The van der Waals surface area contributed by atoms with E-state index in [4.69, 9.17) is 9.15 Å².